The second-order valence-corrected chi connectivity index (χ2v) is 8.84. The second kappa shape index (κ2) is 7.78. The Labute approximate surface area is 175 Å². The third-order valence-electron chi connectivity index (χ3n) is 5.66. The molecule has 0 aliphatic carbocycles. The van der Waals surface area contributed by atoms with Gasteiger partial charge in [0.2, 0.25) is 0 Å². The van der Waals surface area contributed by atoms with E-state index in [0.717, 1.165) is 43.4 Å². The molecule has 0 radical (unpaired) electrons. The number of pyridine rings is 1. The summed E-state index contributed by atoms with van der Waals surface area (Å²) in [5.41, 5.74) is 2.79. The van der Waals surface area contributed by atoms with E-state index < -0.39 is 0 Å². The lowest BCUT2D eigenvalue weighted by Crippen LogP contribution is -2.48. The normalized spacial score (nSPS) is 19.6. The number of hydrogen-bond donors (Lipinski definition) is 0. The van der Waals surface area contributed by atoms with E-state index >= 15 is 0 Å². The fourth-order valence-electron chi connectivity index (χ4n) is 4.21. The van der Waals surface area contributed by atoms with Crippen LogP contribution < -0.4 is 4.90 Å². The number of anilines is 1. The van der Waals surface area contributed by atoms with E-state index in [2.05, 4.69) is 63.3 Å². The van der Waals surface area contributed by atoms with Crippen LogP contribution in [0.1, 0.15) is 17.2 Å². The summed E-state index contributed by atoms with van der Waals surface area (Å²) < 4.78 is 0. The van der Waals surface area contributed by atoms with Gasteiger partial charge in [-0.05, 0) is 53.9 Å². The number of piperazine rings is 1. The van der Waals surface area contributed by atoms with Crippen molar-refractivity contribution in [2.45, 2.75) is 22.3 Å². The Morgan fingerprint density at radius 2 is 1.71 bits per heavy atom. The lowest BCUT2D eigenvalue weighted by atomic mass is 9.96. The van der Waals surface area contributed by atoms with Crippen molar-refractivity contribution >= 4 is 29.2 Å². The Hall–Kier alpha value is -2.01. The standard InChI is InChI=1S/C23H22ClN3S/c24-18-8-9-22-19(16-18)20(15-17-5-1-2-6-21(17)28-22)26-11-13-27(14-12-26)23-7-3-4-10-25-23/h1-10,16,20H,11-15H2. The van der Waals surface area contributed by atoms with Gasteiger partial charge in [0.15, 0.2) is 0 Å². The lowest BCUT2D eigenvalue weighted by molar-refractivity contribution is 0.182. The highest BCUT2D eigenvalue weighted by atomic mass is 35.5. The average molecular weight is 408 g/mol. The molecule has 0 N–H and O–H groups in total. The van der Waals surface area contributed by atoms with E-state index in [-0.39, 0.29) is 0 Å². The molecule has 3 aromatic rings. The van der Waals surface area contributed by atoms with Crippen LogP contribution in [-0.4, -0.2) is 36.1 Å². The quantitative estimate of drug-likeness (QED) is 0.573. The molecule has 1 saturated heterocycles. The van der Waals surface area contributed by atoms with E-state index in [4.69, 9.17) is 11.6 Å². The molecule has 1 unspecified atom stereocenters. The van der Waals surface area contributed by atoms with E-state index in [1.165, 1.54) is 20.9 Å². The number of nitrogens with zero attached hydrogens (tertiary/aromatic N) is 3. The van der Waals surface area contributed by atoms with Crippen molar-refractivity contribution in [3.63, 3.8) is 0 Å². The minimum absolute atomic E-state index is 0.357. The van der Waals surface area contributed by atoms with E-state index in [1.54, 1.807) is 0 Å². The van der Waals surface area contributed by atoms with Gasteiger partial charge in [0.1, 0.15) is 5.82 Å². The molecule has 3 nitrogen and oxygen atoms in total. The molecule has 0 amide bonds. The van der Waals surface area contributed by atoms with Crippen molar-refractivity contribution in [2.24, 2.45) is 0 Å². The summed E-state index contributed by atoms with van der Waals surface area (Å²) in [5, 5.41) is 0.822. The van der Waals surface area contributed by atoms with Gasteiger partial charge in [-0.15, -0.1) is 0 Å². The molecule has 142 valence electrons. The Morgan fingerprint density at radius 3 is 2.54 bits per heavy atom. The minimum atomic E-state index is 0.357. The maximum Gasteiger partial charge on any atom is 0.128 e. The monoisotopic (exact) mass is 407 g/mol. The van der Waals surface area contributed by atoms with Gasteiger partial charge in [0, 0.05) is 53.2 Å². The molecule has 0 bridgehead atoms. The average Bonchev–Trinajstić information content (AvgIpc) is 2.91. The lowest BCUT2D eigenvalue weighted by Gasteiger charge is -2.40. The van der Waals surface area contributed by atoms with Crippen LogP contribution in [0.3, 0.4) is 0 Å². The van der Waals surface area contributed by atoms with Gasteiger partial charge >= 0.3 is 0 Å². The fourth-order valence-corrected chi connectivity index (χ4v) is 5.51. The molecule has 3 heterocycles. The maximum absolute atomic E-state index is 6.40. The third kappa shape index (κ3) is 3.52. The molecule has 0 saturated carbocycles. The van der Waals surface area contributed by atoms with E-state index in [9.17, 15) is 0 Å². The predicted molar refractivity (Wildman–Crippen MR) is 116 cm³/mol. The van der Waals surface area contributed by atoms with Gasteiger partial charge in [-0.1, -0.05) is 47.6 Å². The second-order valence-electron chi connectivity index (χ2n) is 7.32. The van der Waals surface area contributed by atoms with Gasteiger partial charge in [0.25, 0.3) is 0 Å². The Bertz CT molecular complexity index is 971. The van der Waals surface area contributed by atoms with Crippen LogP contribution >= 0.6 is 23.4 Å². The first-order valence-electron chi connectivity index (χ1n) is 9.73. The first-order chi connectivity index (χ1) is 13.8. The molecule has 5 heteroatoms. The number of benzene rings is 2. The van der Waals surface area contributed by atoms with Gasteiger partial charge in [-0.25, -0.2) is 4.98 Å². The smallest absolute Gasteiger partial charge is 0.128 e. The van der Waals surface area contributed by atoms with Crippen LogP contribution in [0.25, 0.3) is 0 Å². The molecule has 2 aliphatic rings. The summed E-state index contributed by atoms with van der Waals surface area (Å²) in [6.07, 6.45) is 2.90. The van der Waals surface area contributed by atoms with Crippen LogP contribution in [-0.2, 0) is 6.42 Å². The first-order valence-corrected chi connectivity index (χ1v) is 10.9. The summed E-state index contributed by atoms with van der Waals surface area (Å²) in [6, 6.07) is 21.6. The molecule has 1 fully saturated rings. The van der Waals surface area contributed by atoms with Crippen LogP contribution in [0.2, 0.25) is 5.02 Å². The molecule has 28 heavy (non-hydrogen) atoms. The summed E-state index contributed by atoms with van der Waals surface area (Å²) >= 11 is 8.28. The molecular weight excluding hydrogens is 386 g/mol. The van der Waals surface area contributed by atoms with Crippen molar-refractivity contribution in [3.8, 4) is 0 Å². The maximum atomic E-state index is 6.40. The third-order valence-corrected chi connectivity index (χ3v) is 7.11. The summed E-state index contributed by atoms with van der Waals surface area (Å²) in [5.74, 6) is 1.08. The molecule has 2 aliphatic heterocycles. The number of hydrogen-bond acceptors (Lipinski definition) is 4. The zero-order valence-electron chi connectivity index (χ0n) is 15.6. The minimum Gasteiger partial charge on any atom is -0.354 e. The molecule has 5 rings (SSSR count). The number of rotatable bonds is 2. The Morgan fingerprint density at radius 1 is 0.893 bits per heavy atom. The van der Waals surface area contributed by atoms with Gasteiger partial charge in [0.05, 0.1) is 0 Å². The van der Waals surface area contributed by atoms with Crippen molar-refractivity contribution in [1.29, 1.82) is 0 Å². The van der Waals surface area contributed by atoms with Crippen LogP contribution in [0.5, 0.6) is 0 Å². The molecule has 1 atom stereocenters. The molecule has 0 spiro atoms. The van der Waals surface area contributed by atoms with Crippen molar-refractivity contribution in [2.75, 3.05) is 31.1 Å². The molecule has 2 aromatic carbocycles. The first kappa shape index (κ1) is 18.0. The van der Waals surface area contributed by atoms with Gasteiger partial charge in [-0.2, -0.15) is 0 Å². The van der Waals surface area contributed by atoms with Crippen molar-refractivity contribution in [3.05, 3.63) is 83.0 Å². The molecular formula is C23H22ClN3S. The van der Waals surface area contributed by atoms with Gasteiger partial charge in [-0.3, -0.25) is 4.90 Å². The zero-order chi connectivity index (χ0) is 18.9. The summed E-state index contributed by atoms with van der Waals surface area (Å²) in [4.78, 5) is 12.2. The van der Waals surface area contributed by atoms with Crippen molar-refractivity contribution < 1.29 is 0 Å². The number of fused-ring (bicyclic) bond motifs is 2. The SMILES string of the molecule is Clc1ccc2c(c1)C(N1CCN(c3ccccn3)CC1)Cc1ccccc1S2. The number of halogens is 1. The Kier molecular flexibility index (Phi) is 5.02. The van der Waals surface area contributed by atoms with Crippen LogP contribution in [0, 0.1) is 0 Å². The van der Waals surface area contributed by atoms with Crippen molar-refractivity contribution in [1.82, 2.24) is 9.88 Å². The highest BCUT2D eigenvalue weighted by Gasteiger charge is 2.30. The highest BCUT2D eigenvalue weighted by Crippen LogP contribution is 2.43. The van der Waals surface area contributed by atoms with Crippen LogP contribution in [0.15, 0.2) is 76.7 Å². The van der Waals surface area contributed by atoms with Gasteiger partial charge < -0.3 is 4.90 Å². The topological polar surface area (TPSA) is 19.4 Å². The highest BCUT2D eigenvalue weighted by molar-refractivity contribution is 7.99. The zero-order valence-corrected chi connectivity index (χ0v) is 17.2. The van der Waals surface area contributed by atoms with Crippen LogP contribution in [0.4, 0.5) is 5.82 Å². The van der Waals surface area contributed by atoms with E-state index in [0.29, 0.717) is 6.04 Å². The largest absolute Gasteiger partial charge is 0.354 e. The summed E-state index contributed by atoms with van der Waals surface area (Å²) in [7, 11) is 0. The predicted octanol–water partition coefficient (Wildman–Crippen LogP) is 5.31. The summed E-state index contributed by atoms with van der Waals surface area (Å²) in [6.45, 7) is 4.05. The molecule has 1 aromatic heterocycles. The van der Waals surface area contributed by atoms with E-state index in [1.807, 2.05) is 30.1 Å². The number of aromatic nitrogens is 1. The fraction of sp³-hybridized carbons (Fsp3) is 0.261. The Balaban J connectivity index is 1.43.